The van der Waals surface area contributed by atoms with Crippen molar-refractivity contribution >= 4 is 17.1 Å². The molecule has 0 bridgehead atoms. The normalized spacial score (nSPS) is 16.7. The first kappa shape index (κ1) is 41.0. The average Bonchev–Trinajstić information content (AvgIpc) is 4.08. The van der Waals surface area contributed by atoms with Gasteiger partial charge in [-0.1, -0.05) is 216 Å². The van der Waals surface area contributed by atoms with Crippen LogP contribution in [0.5, 0.6) is 0 Å². The third-order valence-corrected chi connectivity index (χ3v) is 16.9. The molecule has 0 saturated carbocycles. The summed E-state index contributed by atoms with van der Waals surface area (Å²) in [6.45, 7) is 9.53. The van der Waals surface area contributed by atoms with Crippen LogP contribution in [-0.2, 0) is 22.7 Å². The van der Waals surface area contributed by atoms with Gasteiger partial charge in [-0.2, -0.15) is 0 Å². The highest BCUT2D eigenvalue weighted by Gasteiger charge is 2.48. The molecule has 0 N–H and O–H groups in total. The van der Waals surface area contributed by atoms with Crippen molar-refractivity contribution in [3.8, 4) is 66.8 Å². The van der Waals surface area contributed by atoms with Crippen molar-refractivity contribution < 1.29 is 0 Å². The van der Waals surface area contributed by atoms with Gasteiger partial charge in [0.05, 0.1) is 5.69 Å². The third-order valence-electron chi connectivity index (χ3n) is 16.9. The van der Waals surface area contributed by atoms with Gasteiger partial charge in [0.25, 0.3) is 0 Å². The lowest BCUT2D eigenvalue weighted by Gasteiger charge is -2.32. The van der Waals surface area contributed by atoms with Gasteiger partial charge in [0.2, 0.25) is 0 Å². The van der Waals surface area contributed by atoms with Gasteiger partial charge in [0.15, 0.2) is 0 Å². The molecule has 1 heteroatoms. The van der Waals surface area contributed by atoms with Crippen LogP contribution < -0.4 is 4.90 Å². The third kappa shape index (κ3) is 5.67. The number of para-hydroxylation sites is 1. The van der Waals surface area contributed by atoms with Crippen LogP contribution in [0.25, 0.3) is 66.8 Å². The molecule has 1 unspecified atom stereocenters. The fourth-order valence-corrected chi connectivity index (χ4v) is 13.7. The molecule has 1 atom stereocenters. The Labute approximate surface area is 412 Å². The monoisotopic (exact) mass is 895 g/mol. The second-order valence-corrected chi connectivity index (χ2v) is 21.1. The summed E-state index contributed by atoms with van der Waals surface area (Å²) in [5.41, 5.74) is 29.8. The van der Waals surface area contributed by atoms with Gasteiger partial charge in [0.1, 0.15) is 0 Å². The number of aryl methyl sites for hydroxylation is 1. The molecule has 1 nitrogen and oxygen atoms in total. The van der Waals surface area contributed by atoms with Crippen molar-refractivity contribution in [2.24, 2.45) is 0 Å². The molecule has 0 radical (unpaired) electrons. The van der Waals surface area contributed by atoms with Gasteiger partial charge in [-0.15, -0.1) is 0 Å². The largest absolute Gasteiger partial charge is 0.310 e. The summed E-state index contributed by atoms with van der Waals surface area (Å²) < 4.78 is 0. The molecule has 14 rings (SSSR count). The van der Waals surface area contributed by atoms with Crippen LogP contribution in [0.15, 0.2) is 224 Å². The molecule has 0 amide bonds. The molecule has 0 saturated heterocycles. The molecule has 1 spiro atoms. The summed E-state index contributed by atoms with van der Waals surface area (Å²) in [6, 6.07) is 85.1. The molecule has 10 aromatic rings. The van der Waals surface area contributed by atoms with E-state index in [9.17, 15) is 0 Å². The van der Waals surface area contributed by atoms with Crippen LogP contribution >= 0.6 is 0 Å². The molecule has 70 heavy (non-hydrogen) atoms. The Balaban J connectivity index is 0.940. The van der Waals surface area contributed by atoms with E-state index in [0.717, 1.165) is 29.9 Å². The number of hydrogen-bond acceptors (Lipinski definition) is 1. The maximum absolute atomic E-state index is 2.54. The Morgan fingerprint density at radius 1 is 0.314 bits per heavy atom. The Hall–Kier alpha value is -8.00. The summed E-state index contributed by atoms with van der Waals surface area (Å²) in [5.74, 6) is 0. The number of hydrogen-bond donors (Lipinski definition) is 0. The average molecular weight is 896 g/mol. The van der Waals surface area contributed by atoms with Gasteiger partial charge in [-0.3, -0.25) is 0 Å². The molecule has 10 aromatic carbocycles. The van der Waals surface area contributed by atoms with Crippen molar-refractivity contribution in [2.45, 2.75) is 56.8 Å². The minimum Gasteiger partial charge on any atom is -0.310 e. The lowest BCUT2D eigenvalue weighted by Crippen LogP contribution is -2.24. The number of anilines is 3. The Kier molecular flexibility index (Phi) is 8.79. The van der Waals surface area contributed by atoms with Crippen LogP contribution in [0, 0.1) is 0 Å². The molecule has 0 aromatic heterocycles. The molecular weight excluding hydrogens is 843 g/mol. The second-order valence-electron chi connectivity index (χ2n) is 21.1. The molecule has 4 aliphatic rings. The molecule has 0 heterocycles. The lowest BCUT2D eigenvalue weighted by molar-refractivity contribution is 0.626. The first-order chi connectivity index (χ1) is 34.2. The van der Waals surface area contributed by atoms with E-state index in [1.807, 2.05) is 0 Å². The summed E-state index contributed by atoms with van der Waals surface area (Å²) in [5, 5.41) is 0. The van der Waals surface area contributed by atoms with E-state index < -0.39 is 0 Å². The predicted octanol–water partition coefficient (Wildman–Crippen LogP) is 18.0. The van der Waals surface area contributed by atoms with Crippen LogP contribution in [-0.4, -0.2) is 0 Å². The second kappa shape index (κ2) is 15.0. The zero-order chi connectivity index (χ0) is 46.9. The van der Waals surface area contributed by atoms with E-state index in [-0.39, 0.29) is 16.2 Å². The van der Waals surface area contributed by atoms with E-state index in [4.69, 9.17) is 0 Å². The summed E-state index contributed by atoms with van der Waals surface area (Å²) >= 11 is 0. The van der Waals surface area contributed by atoms with Crippen LogP contribution in [0.3, 0.4) is 0 Å². The van der Waals surface area contributed by atoms with Gasteiger partial charge in [-0.05, 0) is 155 Å². The maximum atomic E-state index is 2.54. The molecule has 0 aliphatic heterocycles. The highest BCUT2D eigenvalue weighted by Crippen LogP contribution is 2.60. The van der Waals surface area contributed by atoms with Crippen molar-refractivity contribution in [1.82, 2.24) is 0 Å². The van der Waals surface area contributed by atoms with Crippen LogP contribution in [0.4, 0.5) is 17.1 Å². The van der Waals surface area contributed by atoms with E-state index in [1.54, 1.807) is 0 Å². The predicted molar refractivity (Wildman–Crippen MR) is 293 cm³/mol. The Bertz CT molecular complexity index is 3790. The van der Waals surface area contributed by atoms with Gasteiger partial charge < -0.3 is 4.90 Å². The number of rotatable bonds is 6. The lowest BCUT2D eigenvalue weighted by atomic mass is 9.73. The summed E-state index contributed by atoms with van der Waals surface area (Å²) in [4.78, 5) is 2.53. The van der Waals surface area contributed by atoms with Gasteiger partial charge in [0, 0.05) is 33.2 Å². The Morgan fingerprint density at radius 3 is 1.54 bits per heavy atom. The number of benzene rings is 10. The summed E-state index contributed by atoms with van der Waals surface area (Å²) in [6.07, 6.45) is 2.13. The topological polar surface area (TPSA) is 3.24 Å². The van der Waals surface area contributed by atoms with E-state index >= 15 is 0 Å². The van der Waals surface area contributed by atoms with Gasteiger partial charge in [-0.25, -0.2) is 0 Å². The maximum Gasteiger partial charge on any atom is 0.0540 e. The van der Waals surface area contributed by atoms with Crippen molar-refractivity contribution in [3.05, 3.63) is 269 Å². The zero-order valence-corrected chi connectivity index (χ0v) is 40.2. The molecule has 0 fully saturated rings. The first-order valence-corrected chi connectivity index (χ1v) is 25.1. The number of nitrogens with zero attached hydrogens (tertiary/aromatic N) is 1. The zero-order valence-electron chi connectivity index (χ0n) is 40.2. The van der Waals surface area contributed by atoms with Crippen LogP contribution in [0.1, 0.15) is 78.6 Å². The smallest absolute Gasteiger partial charge is 0.0540 e. The number of fused-ring (bicyclic) bond motifs is 13. The summed E-state index contributed by atoms with van der Waals surface area (Å²) in [7, 11) is 0. The quantitative estimate of drug-likeness (QED) is 0.161. The van der Waals surface area contributed by atoms with E-state index in [1.165, 1.54) is 111 Å². The molecule has 4 aliphatic carbocycles. The fourth-order valence-electron chi connectivity index (χ4n) is 13.7. The van der Waals surface area contributed by atoms with E-state index in [2.05, 4.69) is 257 Å². The molecule has 334 valence electrons. The standard InChI is InChI=1S/C69H53N/c1-67(2)60-28-13-8-22-52(60)55-38-34-46(42-63(55)67)50-20-11-16-31-65(50)70(48-37-39-56-53-23-10-15-30-62(53)69(64(56)43-48)41-40-45-18-5-12-27-59(45)69)47-35-32-44(33-36-47)49-19-6-7-21-51(49)57-25-17-26-58-54-24-9-14-29-61(54)68(3,4)66(57)58/h5-39,42-43H,40-41H2,1-4H3. The van der Waals surface area contributed by atoms with Crippen molar-refractivity contribution in [2.75, 3.05) is 4.90 Å². The molecular formula is C69H53N. The fraction of sp³-hybridized carbons (Fsp3) is 0.130. The minimum absolute atomic E-state index is 0.108. The van der Waals surface area contributed by atoms with Crippen LogP contribution in [0.2, 0.25) is 0 Å². The van der Waals surface area contributed by atoms with Gasteiger partial charge >= 0.3 is 0 Å². The first-order valence-electron chi connectivity index (χ1n) is 25.1. The highest BCUT2D eigenvalue weighted by atomic mass is 15.1. The van der Waals surface area contributed by atoms with E-state index in [0.29, 0.717) is 0 Å². The highest BCUT2D eigenvalue weighted by molar-refractivity contribution is 5.96. The SMILES string of the molecule is CC1(C)c2ccccc2-c2ccc(-c3ccccc3N(c3ccc(-c4ccccc4-c4cccc5c4C(C)(C)c4ccccc4-5)cc3)c3ccc4c(c3)C3(CCc5ccccc53)c3ccccc3-4)cc21. The Morgan fingerprint density at radius 2 is 0.800 bits per heavy atom. The van der Waals surface area contributed by atoms with Crippen molar-refractivity contribution in [3.63, 3.8) is 0 Å². The minimum atomic E-state index is -0.203. The van der Waals surface area contributed by atoms with Crippen molar-refractivity contribution in [1.29, 1.82) is 0 Å².